The molecule has 2 aromatic carbocycles. The summed E-state index contributed by atoms with van der Waals surface area (Å²) in [6.45, 7) is 4.91. The van der Waals surface area contributed by atoms with Crippen LogP contribution in [0.4, 0.5) is 5.69 Å². The van der Waals surface area contributed by atoms with E-state index >= 15 is 0 Å². The summed E-state index contributed by atoms with van der Waals surface area (Å²) in [6.07, 6.45) is 0.864. The molecule has 6 nitrogen and oxygen atoms in total. The van der Waals surface area contributed by atoms with Gasteiger partial charge in [-0.2, -0.15) is 0 Å². The minimum atomic E-state index is -0.367. The van der Waals surface area contributed by atoms with Gasteiger partial charge in [0.15, 0.2) is 5.11 Å². The summed E-state index contributed by atoms with van der Waals surface area (Å²) in [5, 5.41) is 8.51. The number of anilines is 1. The molecule has 2 aromatic rings. The lowest BCUT2D eigenvalue weighted by molar-refractivity contribution is 0.0950. The van der Waals surface area contributed by atoms with Crippen LogP contribution in [0.15, 0.2) is 48.5 Å². The number of ether oxygens (including phenoxy) is 1. The monoisotopic (exact) mass is 385 g/mol. The third kappa shape index (κ3) is 6.07. The van der Waals surface area contributed by atoms with E-state index in [0.29, 0.717) is 35.7 Å². The largest absolute Gasteiger partial charge is 0.493 e. The Balaban J connectivity index is 2.01. The standard InChI is InChI=1S/C20H23N3O3S/c1-3-12-21-18(24)14-8-7-9-15(13-14)22-20(27)23-19(25)16-10-5-6-11-17(16)26-4-2/h5-11,13H,3-4,12H2,1-2H3,(H,21,24)(H2,22,23,25,27). The molecule has 2 rings (SSSR count). The van der Waals surface area contributed by atoms with Gasteiger partial charge in [0.05, 0.1) is 12.2 Å². The molecule has 0 radical (unpaired) electrons. The Bertz CT molecular complexity index is 824. The van der Waals surface area contributed by atoms with Gasteiger partial charge in [0, 0.05) is 17.8 Å². The maximum absolute atomic E-state index is 12.5. The zero-order valence-corrected chi connectivity index (χ0v) is 16.2. The maximum atomic E-state index is 12.5. The highest BCUT2D eigenvalue weighted by Gasteiger charge is 2.13. The molecule has 0 saturated carbocycles. The minimum absolute atomic E-state index is 0.136. The number of carbonyl (C=O) groups is 2. The molecule has 0 fully saturated rings. The molecule has 27 heavy (non-hydrogen) atoms. The van der Waals surface area contributed by atoms with Gasteiger partial charge in [0.1, 0.15) is 5.75 Å². The summed E-state index contributed by atoms with van der Waals surface area (Å²) in [6, 6.07) is 13.9. The first-order chi connectivity index (χ1) is 13.0. The van der Waals surface area contributed by atoms with E-state index in [4.69, 9.17) is 17.0 Å². The number of hydrogen-bond acceptors (Lipinski definition) is 4. The first-order valence-electron chi connectivity index (χ1n) is 8.77. The molecule has 0 spiro atoms. The Hall–Kier alpha value is -2.93. The van der Waals surface area contributed by atoms with Crippen LogP contribution in [0.25, 0.3) is 0 Å². The molecule has 0 unspecified atom stereocenters. The number of thiocarbonyl (C=S) groups is 1. The average molecular weight is 385 g/mol. The van der Waals surface area contributed by atoms with Crippen molar-refractivity contribution in [3.63, 3.8) is 0 Å². The van der Waals surface area contributed by atoms with Crippen molar-refractivity contribution in [2.24, 2.45) is 0 Å². The van der Waals surface area contributed by atoms with E-state index in [-0.39, 0.29) is 16.9 Å². The van der Waals surface area contributed by atoms with Crippen LogP contribution >= 0.6 is 12.2 Å². The molecule has 7 heteroatoms. The lowest BCUT2D eigenvalue weighted by Gasteiger charge is -2.13. The SMILES string of the molecule is CCCNC(=O)c1cccc(NC(=S)NC(=O)c2ccccc2OCC)c1. The van der Waals surface area contributed by atoms with Gasteiger partial charge in [-0.25, -0.2) is 0 Å². The first kappa shape index (κ1) is 20.4. The van der Waals surface area contributed by atoms with Gasteiger partial charge in [-0.3, -0.25) is 14.9 Å². The molecule has 0 aliphatic heterocycles. The number of nitrogens with one attached hydrogen (secondary N) is 3. The van der Waals surface area contributed by atoms with E-state index in [1.54, 1.807) is 48.5 Å². The second-order valence-corrected chi connectivity index (χ2v) is 6.08. The second kappa shape index (κ2) is 10.3. The predicted octanol–water partition coefficient (Wildman–Crippen LogP) is 3.35. The number of amides is 2. The second-order valence-electron chi connectivity index (χ2n) is 5.67. The summed E-state index contributed by atoms with van der Waals surface area (Å²) in [4.78, 5) is 24.5. The molecule has 0 atom stereocenters. The Morgan fingerprint density at radius 2 is 1.81 bits per heavy atom. The van der Waals surface area contributed by atoms with Crippen LogP contribution < -0.4 is 20.7 Å². The molecule has 3 N–H and O–H groups in total. The molecule has 2 amide bonds. The van der Waals surface area contributed by atoms with Gasteiger partial charge in [-0.1, -0.05) is 25.1 Å². The van der Waals surface area contributed by atoms with Crippen LogP contribution in [-0.2, 0) is 0 Å². The lowest BCUT2D eigenvalue weighted by atomic mass is 10.2. The first-order valence-corrected chi connectivity index (χ1v) is 9.18. The molecule has 0 aromatic heterocycles. The van der Waals surface area contributed by atoms with Gasteiger partial charge in [-0.05, 0) is 55.9 Å². The third-order valence-electron chi connectivity index (χ3n) is 3.58. The molecule has 0 heterocycles. The normalized spacial score (nSPS) is 10.0. The van der Waals surface area contributed by atoms with Crippen molar-refractivity contribution in [2.45, 2.75) is 20.3 Å². The molecule has 0 bridgehead atoms. The molecular weight excluding hydrogens is 362 g/mol. The van der Waals surface area contributed by atoms with Crippen LogP contribution in [0.3, 0.4) is 0 Å². The Morgan fingerprint density at radius 1 is 1.04 bits per heavy atom. The van der Waals surface area contributed by atoms with Crippen molar-refractivity contribution in [2.75, 3.05) is 18.5 Å². The summed E-state index contributed by atoms with van der Waals surface area (Å²) >= 11 is 5.21. The van der Waals surface area contributed by atoms with Crippen LogP contribution in [-0.4, -0.2) is 30.1 Å². The molecule has 0 aliphatic carbocycles. The zero-order chi connectivity index (χ0) is 19.6. The Labute approximate surface area is 164 Å². The maximum Gasteiger partial charge on any atom is 0.261 e. The van der Waals surface area contributed by atoms with Crippen LogP contribution in [0, 0.1) is 0 Å². The van der Waals surface area contributed by atoms with Crippen LogP contribution in [0.5, 0.6) is 5.75 Å². The molecular formula is C20H23N3O3S. The van der Waals surface area contributed by atoms with Crippen molar-refractivity contribution in [3.8, 4) is 5.75 Å². The summed E-state index contributed by atoms with van der Waals surface area (Å²) in [7, 11) is 0. The van der Waals surface area contributed by atoms with Crippen molar-refractivity contribution in [1.82, 2.24) is 10.6 Å². The van der Waals surface area contributed by atoms with E-state index < -0.39 is 0 Å². The number of para-hydroxylation sites is 1. The minimum Gasteiger partial charge on any atom is -0.493 e. The van der Waals surface area contributed by atoms with E-state index in [2.05, 4.69) is 16.0 Å². The molecule has 0 aliphatic rings. The van der Waals surface area contributed by atoms with Gasteiger partial charge >= 0.3 is 0 Å². The fourth-order valence-corrected chi connectivity index (χ4v) is 2.56. The Morgan fingerprint density at radius 3 is 2.56 bits per heavy atom. The van der Waals surface area contributed by atoms with E-state index in [9.17, 15) is 9.59 Å². The number of carbonyl (C=O) groups excluding carboxylic acids is 2. The fourth-order valence-electron chi connectivity index (χ4n) is 2.35. The van der Waals surface area contributed by atoms with Gasteiger partial charge in [0.2, 0.25) is 0 Å². The van der Waals surface area contributed by atoms with Crippen molar-refractivity contribution < 1.29 is 14.3 Å². The van der Waals surface area contributed by atoms with Gasteiger partial charge in [0.25, 0.3) is 11.8 Å². The topological polar surface area (TPSA) is 79.5 Å². The summed E-state index contributed by atoms with van der Waals surface area (Å²) in [5.41, 5.74) is 1.53. The van der Waals surface area contributed by atoms with Crippen molar-refractivity contribution in [3.05, 3.63) is 59.7 Å². The van der Waals surface area contributed by atoms with Gasteiger partial charge < -0.3 is 15.4 Å². The van der Waals surface area contributed by atoms with Crippen LogP contribution in [0.2, 0.25) is 0 Å². The highest BCUT2D eigenvalue weighted by molar-refractivity contribution is 7.80. The van der Waals surface area contributed by atoms with Crippen molar-refractivity contribution in [1.29, 1.82) is 0 Å². The van der Waals surface area contributed by atoms with E-state index in [0.717, 1.165) is 6.42 Å². The Kier molecular flexibility index (Phi) is 7.76. The third-order valence-corrected chi connectivity index (χ3v) is 3.78. The smallest absolute Gasteiger partial charge is 0.261 e. The molecule has 142 valence electrons. The number of hydrogen-bond donors (Lipinski definition) is 3. The number of benzene rings is 2. The zero-order valence-electron chi connectivity index (χ0n) is 15.4. The molecule has 0 saturated heterocycles. The van der Waals surface area contributed by atoms with E-state index in [1.165, 1.54) is 0 Å². The fraction of sp³-hybridized carbons (Fsp3) is 0.250. The number of rotatable bonds is 7. The summed E-state index contributed by atoms with van der Waals surface area (Å²) < 4.78 is 5.46. The van der Waals surface area contributed by atoms with E-state index in [1.807, 2.05) is 13.8 Å². The average Bonchev–Trinajstić information content (AvgIpc) is 2.66. The highest BCUT2D eigenvalue weighted by atomic mass is 32.1. The quantitative estimate of drug-likeness (QED) is 0.637. The highest BCUT2D eigenvalue weighted by Crippen LogP contribution is 2.18. The predicted molar refractivity (Wildman–Crippen MR) is 110 cm³/mol. The van der Waals surface area contributed by atoms with Gasteiger partial charge in [-0.15, -0.1) is 0 Å². The summed E-state index contributed by atoms with van der Waals surface area (Å²) in [5.74, 6) is -0.0237. The lowest BCUT2D eigenvalue weighted by Crippen LogP contribution is -2.34. The van der Waals surface area contributed by atoms with Crippen molar-refractivity contribution >= 4 is 34.8 Å². The van der Waals surface area contributed by atoms with Crippen LogP contribution in [0.1, 0.15) is 41.0 Å².